The van der Waals surface area contributed by atoms with Gasteiger partial charge in [-0.25, -0.2) is 8.78 Å². The third-order valence-corrected chi connectivity index (χ3v) is 3.21. The highest BCUT2D eigenvalue weighted by Gasteiger charge is 2.14. The molecular weight excluding hydrogens is 230 g/mol. The third kappa shape index (κ3) is 2.25. The molecule has 0 spiro atoms. The van der Waals surface area contributed by atoms with Gasteiger partial charge in [0.15, 0.2) is 0 Å². The molecule has 0 radical (unpaired) electrons. The van der Waals surface area contributed by atoms with E-state index in [1.807, 2.05) is 0 Å². The summed E-state index contributed by atoms with van der Waals surface area (Å²) in [7, 11) is 0. The summed E-state index contributed by atoms with van der Waals surface area (Å²) in [5, 5.41) is 0. The van der Waals surface area contributed by atoms with Crippen LogP contribution in [-0.4, -0.2) is 4.98 Å². The molecule has 0 aliphatic rings. The molecule has 1 unspecified atom stereocenters. The Morgan fingerprint density at radius 1 is 1.31 bits per heavy atom. The molecule has 5 heteroatoms. The van der Waals surface area contributed by atoms with Crippen LogP contribution in [0.3, 0.4) is 0 Å². The molecule has 0 aliphatic carbocycles. The molecule has 0 aliphatic heterocycles. The molecule has 1 aromatic carbocycles. The summed E-state index contributed by atoms with van der Waals surface area (Å²) in [5.74, 6) is -1.11. The van der Waals surface area contributed by atoms with Crippen LogP contribution in [0.1, 0.15) is 16.5 Å². The van der Waals surface area contributed by atoms with E-state index in [2.05, 4.69) is 4.98 Å². The predicted octanol–water partition coefficient (Wildman–Crippen LogP) is 2.66. The van der Waals surface area contributed by atoms with Crippen molar-refractivity contribution in [2.24, 2.45) is 5.73 Å². The van der Waals surface area contributed by atoms with Gasteiger partial charge in [0.2, 0.25) is 0 Å². The average Bonchev–Trinajstić information content (AvgIpc) is 2.76. The molecule has 0 fully saturated rings. The molecule has 84 valence electrons. The molecule has 1 heterocycles. The van der Waals surface area contributed by atoms with E-state index >= 15 is 0 Å². The quantitative estimate of drug-likeness (QED) is 0.895. The third-order valence-electron chi connectivity index (χ3n) is 2.30. The van der Waals surface area contributed by atoms with Gasteiger partial charge in [-0.3, -0.25) is 4.98 Å². The maximum Gasteiger partial charge on any atom is 0.129 e. The fourth-order valence-electron chi connectivity index (χ4n) is 1.46. The van der Waals surface area contributed by atoms with Gasteiger partial charge in [-0.1, -0.05) is 6.07 Å². The number of nitrogens with two attached hydrogens (primary N) is 1. The topological polar surface area (TPSA) is 38.9 Å². The van der Waals surface area contributed by atoms with Gasteiger partial charge in [-0.15, -0.1) is 11.3 Å². The van der Waals surface area contributed by atoms with Crippen molar-refractivity contribution in [1.82, 2.24) is 4.98 Å². The van der Waals surface area contributed by atoms with Gasteiger partial charge in [0.05, 0.1) is 5.51 Å². The van der Waals surface area contributed by atoms with Crippen LogP contribution in [-0.2, 0) is 6.42 Å². The second-order valence-corrected chi connectivity index (χ2v) is 4.33. The van der Waals surface area contributed by atoms with E-state index in [1.54, 1.807) is 11.7 Å². The van der Waals surface area contributed by atoms with Crippen molar-refractivity contribution in [1.29, 1.82) is 0 Å². The second kappa shape index (κ2) is 4.67. The zero-order chi connectivity index (χ0) is 11.5. The van der Waals surface area contributed by atoms with Gasteiger partial charge in [0.1, 0.15) is 11.6 Å². The standard InChI is InChI=1S/C11H10F2N2S/c12-8-2-1-3-9(13)7(8)4-10(14)11-5-15-6-16-11/h1-3,5-6,10H,4,14H2. The van der Waals surface area contributed by atoms with E-state index in [-0.39, 0.29) is 12.0 Å². The highest BCUT2D eigenvalue weighted by atomic mass is 32.1. The first-order chi connectivity index (χ1) is 7.68. The number of rotatable bonds is 3. The highest BCUT2D eigenvalue weighted by molar-refractivity contribution is 7.09. The molecule has 1 atom stereocenters. The summed E-state index contributed by atoms with van der Waals surface area (Å²) in [6, 6.07) is 3.39. The maximum absolute atomic E-state index is 13.3. The Morgan fingerprint density at radius 3 is 2.56 bits per heavy atom. The Bertz CT molecular complexity index is 451. The molecule has 0 bridgehead atoms. The molecule has 2 rings (SSSR count). The van der Waals surface area contributed by atoms with Crippen LogP contribution < -0.4 is 5.73 Å². The molecule has 2 N–H and O–H groups in total. The van der Waals surface area contributed by atoms with Crippen molar-refractivity contribution in [3.8, 4) is 0 Å². The second-order valence-electron chi connectivity index (χ2n) is 3.41. The van der Waals surface area contributed by atoms with E-state index in [1.165, 1.54) is 29.5 Å². The van der Waals surface area contributed by atoms with E-state index in [0.717, 1.165) is 4.88 Å². The molecule has 0 amide bonds. The van der Waals surface area contributed by atoms with Crippen molar-refractivity contribution in [3.05, 3.63) is 52.0 Å². The van der Waals surface area contributed by atoms with Crippen LogP contribution in [0.5, 0.6) is 0 Å². The lowest BCUT2D eigenvalue weighted by molar-refractivity contribution is 0.541. The van der Waals surface area contributed by atoms with E-state index < -0.39 is 17.7 Å². The van der Waals surface area contributed by atoms with Crippen LogP contribution in [0.4, 0.5) is 8.78 Å². The van der Waals surface area contributed by atoms with Crippen LogP contribution in [0.2, 0.25) is 0 Å². The van der Waals surface area contributed by atoms with Crippen molar-refractivity contribution in [3.63, 3.8) is 0 Å². The zero-order valence-electron chi connectivity index (χ0n) is 8.36. The van der Waals surface area contributed by atoms with E-state index in [0.29, 0.717) is 0 Å². The zero-order valence-corrected chi connectivity index (χ0v) is 9.18. The van der Waals surface area contributed by atoms with Crippen molar-refractivity contribution >= 4 is 11.3 Å². The Morgan fingerprint density at radius 2 is 2.00 bits per heavy atom. The molecule has 16 heavy (non-hydrogen) atoms. The highest BCUT2D eigenvalue weighted by Crippen LogP contribution is 2.22. The van der Waals surface area contributed by atoms with Gasteiger partial charge < -0.3 is 5.73 Å². The summed E-state index contributed by atoms with van der Waals surface area (Å²) in [5.41, 5.74) is 7.52. The van der Waals surface area contributed by atoms with Gasteiger partial charge in [-0.2, -0.15) is 0 Å². The number of halogens is 2. The minimum atomic E-state index is -0.556. The number of nitrogens with zero attached hydrogens (tertiary/aromatic N) is 1. The number of hydrogen-bond acceptors (Lipinski definition) is 3. The number of thiazole rings is 1. The summed E-state index contributed by atoms with van der Waals surface area (Å²) in [6.45, 7) is 0. The summed E-state index contributed by atoms with van der Waals surface area (Å²) in [6.07, 6.45) is 1.76. The molecule has 2 aromatic rings. The normalized spacial score (nSPS) is 12.7. The lowest BCUT2D eigenvalue weighted by atomic mass is 10.0. The van der Waals surface area contributed by atoms with E-state index in [9.17, 15) is 8.78 Å². The van der Waals surface area contributed by atoms with Gasteiger partial charge in [0.25, 0.3) is 0 Å². The minimum absolute atomic E-state index is 0.0309. The lowest BCUT2D eigenvalue weighted by Crippen LogP contribution is -2.13. The number of hydrogen-bond donors (Lipinski definition) is 1. The molecular formula is C11H10F2N2S. The van der Waals surface area contributed by atoms with Crippen LogP contribution in [0, 0.1) is 11.6 Å². The maximum atomic E-state index is 13.3. The predicted molar refractivity (Wildman–Crippen MR) is 59.1 cm³/mol. The average molecular weight is 240 g/mol. The van der Waals surface area contributed by atoms with Crippen molar-refractivity contribution < 1.29 is 8.78 Å². The molecule has 1 aromatic heterocycles. The Balaban J connectivity index is 2.21. The fourth-order valence-corrected chi connectivity index (χ4v) is 2.08. The Labute approximate surface area is 95.7 Å². The van der Waals surface area contributed by atoms with E-state index in [4.69, 9.17) is 5.73 Å². The molecule has 0 saturated carbocycles. The number of aromatic nitrogens is 1. The van der Waals surface area contributed by atoms with Crippen LogP contribution in [0.15, 0.2) is 29.9 Å². The summed E-state index contributed by atoms with van der Waals surface area (Å²) in [4.78, 5) is 4.70. The fraction of sp³-hybridized carbons (Fsp3) is 0.182. The monoisotopic (exact) mass is 240 g/mol. The van der Waals surface area contributed by atoms with Crippen LogP contribution in [0.25, 0.3) is 0 Å². The van der Waals surface area contributed by atoms with Crippen LogP contribution >= 0.6 is 11.3 Å². The first-order valence-corrected chi connectivity index (χ1v) is 5.63. The van der Waals surface area contributed by atoms with Crippen molar-refractivity contribution in [2.45, 2.75) is 12.5 Å². The van der Waals surface area contributed by atoms with Crippen molar-refractivity contribution in [2.75, 3.05) is 0 Å². The summed E-state index contributed by atoms with van der Waals surface area (Å²) >= 11 is 1.38. The minimum Gasteiger partial charge on any atom is -0.323 e. The Hall–Kier alpha value is -1.33. The molecule has 0 saturated heterocycles. The smallest absolute Gasteiger partial charge is 0.129 e. The lowest BCUT2D eigenvalue weighted by Gasteiger charge is -2.10. The SMILES string of the molecule is NC(Cc1c(F)cccc1F)c1cncs1. The van der Waals surface area contributed by atoms with Gasteiger partial charge in [-0.05, 0) is 18.6 Å². The first-order valence-electron chi connectivity index (χ1n) is 4.75. The first kappa shape index (κ1) is 11.2. The molecule has 2 nitrogen and oxygen atoms in total. The number of benzene rings is 1. The van der Waals surface area contributed by atoms with Gasteiger partial charge in [0, 0.05) is 22.7 Å². The summed E-state index contributed by atoms with van der Waals surface area (Å²) < 4.78 is 26.7. The Kier molecular flexibility index (Phi) is 3.26. The van der Waals surface area contributed by atoms with Gasteiger partial charge >= 0.3 is 0 Å². The largest absolute Gasteiger partial charge is 0.323 e.